The van der Waals surface area contributed by atoms with Gasteiger partial charge in [-0.05, 0) is 36.1 Å². The Bertz CT molecular complexity index is 1100. The van der Waals surface area contributed by atoms with E-state index < -0.39 is 5.97 Å². The number of aryl methyl sites for hydroxylation is 1. The van der Waals surface area contributed by atoms with Gasteiger partial charge in [0.25, 0.3) is 0 Å². The van der Waals surface area contributed by atoms with Crippen molar-refractivity contribution in [2.75, 3.05) is 6.61 Å². The maximum atomic E-state index is 12.5. The molecular weight excluding hydrogens is 368 g/mol. The molecule has 2 aromatic carbocycles. The highest BCUT2D eigenvalue weighted by Crippen LogP contribution is 2.38. The van der Waals surface area contributed by atoms with Crippen molar-refractivity contribution in [2.24, 2.45) is 0 Å². The zero-order valence-corrected chi connectivity index (χ0v) is 16.5. The van der Waals surface area contributed by atoms with Gasteiger partial charge < -0.3 is 4.74 Å². The van der Waals surface area contributed by atoms with Crippen LogP contribution in [0, 0.1) is 22.7 Å². The van der Waals surface area contributed by atoms with Gasteiger partial charge in [-0.25, -0.2) is 4.79 Å². The first-order chi connectivity index (χ1) is 13.6. The lowest BCUT2D eigenvalue weighted by Crippen LogP contribution is -2.04. The average molecular weight is 386 g/mol. The van der Waals surface area contributed by atoms with Crippen molar-refractivity contribution in [2.45, 2.75) is 20.3 Å². The molecule has 0 saturated carbocycles. The molecule has 4 nitrogen and oxygen atoms in total. The van der Waals surface area contributed by atoms with Crippen LogP contribution in [-0.2, 0) is 11.2 Å². The van der Waals surface area contributed by atoms with Crippen LogP contribution in [0.4, 0.5) is 0 Å². The van der Waals surface area contributed by atoms with Crippen LogP contribution in [0.15, 0.2) is 48.5 Å². The predicted molar refractivity (Wildman–Crippen MR) is 110 cm³/mol. The Morgan fingerprint density at radius 1 is 1.00 bits per heavy atom. The van der Waals surface area contributed by atoms with Crippen molar-refractivity contribution in [3.05, 3.63) is 69.4 Å². The molecule has 0 saturated heterocycles. The second kappa shape index (κ2) is 8.52. The van der Waals surface area contributed by atoms with Crippen LogP contribution < -0.4 is 0 Å². The Labute approximate surface area is 168 Å². The fourth-order valence-corrected chi connectivity index (χ4v) is 4.21. The van der Waals surface area contributed by atoms with Crippen LogP contribution >= 0.6 is 11.3 Å². The normalized spacial score (nSPS) is 10.1. The van der Waals surface area contributed by atoms with E-state index in [2.05, 4.69) is 12.1 Å². The summed E-state index contributed by atoms with van der Waals surface area (Å²) in [5.41, 5.74) is 4.30. The molecule has 0 unspecified atom stereocenters. The first-order valence-electron chi connectivity index (χ1n) is 8.97. The van der Waals surface area contributed by atoms with Gasteiger partial charge in [0.05, 0.1) is 23.8 Å². The van der Waals surface area contributed by atoms with E-state index >= 15 is 0 Å². The summed E-state index contributed by atoms with van der Waals surface area (Å²) < 4.78 is 5.20. The molecule has 0 amide bonds. The summed E-state index contributed by atoms with van der Waals surface area (Å²) in [5.74, 6) is -0.405. The van der Waals surface area contributed by atoms with Crippen LogP contribution in [0.1, 0.15) is 39.5 Å². The number of nitrogens with zero attached hydrogens (tertiary/aromatic N) is 2. The largest absolute Gasteiger partial charge is 0.462 e. The summed E-state index contributed by atoms with van der Waals surface area (Å²) in [6.07, 6.45) is 0.674. The first-order valence-corrected chi connectivity index (χ1v) is 9.79. The molecular formula is C23H18N2O2S. The number of rotatable bonds is 5. The minimum atomic E-state index is -0.405. The number of carbonyl (C=O) groups is 1. The fraction of sp³-hybridized carbons (Fsp3) is 0.174. The number of esters is 1. The quantitative estimate of drug-likeness (QED) is 0.538. The van der Waals surface area contributed by atoms with Crippen molar-refractivity contribution >= 4 is 17.3 Å². The van der Waals surface area contributed by atoms with Crippen molar-refractivity contribution in [1.82, 2.24) is 0 Å². The van der Waals surface area contributed by atoms with E-state index in [0.29, 0.717) is 28.0 Å². The van der Waals surface area contributed by atoms with E-state index in [1.165, 1.54) is 11.3 Å². The molecule has 138 valence electrons. The van der Waals surface area contributed by atoms with E-state index in [0.717, 1.165) is 21.6 Å². The molecule has 0 bridgehead atoms. The molecule has 0 N–H and O–H groups in total. The smallest absolute Gasteiger partial charge is 0.348 e. The van der Waals surface area contributed by atoms with E-state index in [1.807, 2.05) is 49.4 Å². The Kier molecular flexibility index (Phi) is 5.89. The first kappa shape index (κ1) is 19.4. The van der Waals surface area contributed by atoms with Crippen LogP contribution in [0.2, 0.25) is 0 Å². The SMILES string of the molecule is CCOC(=O)c1sc(CC)c(C#N)c1-c1ccc(-c2ccccc2C#N)cc1. The highest BCUT2D eigenvalue weighted by Gasteiger charge is 2.24. The maximum Gasteiger partial charge on any atom is 0.348 e. The number of carbonyl (C=O) groups excluding carboxylic acids is 1. The third-order valence-electron chi connectivity index (χ3n) is 4.41. The summed E-state index contributed by atoms with van der Waals surface area (Å²) in [6, 6.07) is 19.4. The van der Waals surface area contributed by atoms with Gasteiger partial charge in [-0.3, -0.25) is 0 Å². The number of hydrogen-bond donors (Lipinski definition) is 0. The molecule has 1 aromatic heterocycles. The summed E-state index contributed by atoms with van der Waals surface area (Å²) in [7, 11) is 0. The van der Waals surface area contributed by atoms with Gasteiger partial charge in [-0.15, -0.1) is 11.3 Å². The van der Waals surface area contributed by atoms with Crippen molar-refractivity contribution in [1.29, 1.82) is 10.5 Å². The van der Waals surface area contributed by atoms with Crippen LogP contribution in [-0.4, -0.2) is 12.6 Å². The van der Waals surface area contributed by atoms with Gasteiger partial charge in [0.15, 0.2) is 0 Å². The number of benzene rings is 2. The minimum absolute atomic E-state index is 0.281. The van der Waals surface area contributed by atoms with Gasteiger partial charge in [0, 0.05) is 10.4 Å². The van der Waals surface area contributed by atoms with Crippen LogP contribution in [0.5, 0.6) is 0 Å². The summed E-state index contributed by atoms with van der Waals surface area (Å²) >= 11 is 1.32. The van der Waals surface area contributed by atoms with E-state index in [-0.39, 0.29) is 6.61 Å². The lowest BCUT2D eigenvalue weighted by atomic mass is 9.95. The number of ether oxygens (including phenoxy) is 1. The monoisotopic (exact) mass is 386 g/mol. The Balaban J connectivity index is 2.12. The van der Waals surface area contributed by atoms with Gasteiger partial charge in [-0.2, -0.15) is 10.5 Å². The van der Waals surface area contributed by atoms with E-state index in [4.69, 9.17) is 4.74 Å². The maximum absolute atomic E-state index is 12.5. The van der Waals surface area contributed by atoms with Crippen LogP contribution in [0.3, 0.4) is 0 Å². The van der Waals surface area contributed by atoms with Crippen LogP contribution in [0.25, 0.3) is 22.3 Å². The van der Waals surface area contributed by atoms with Gasteiger partial charge in [0.2, 0.25) is 0 Å². The molecule has 5 heteroatoms. The standard InChI is InChI=1S/C23H18N2O2S/c1-3-20-19(14-25)21(22(28-20)23(26)27-4-2)16-11-9-15(10-12-16)18-8-6-5-7-17(18)13-24/h5-12H,3-4H2,1-2H3. The molecule has 0 radical (unpaired) electrons. The molecule has 0 spiro atoms. The highest BCUT2D eigenvalue weighted by molar-refractivity contribution is 7.14. The lowest BCUT2D eigenvalue weighted by molar-refractivity contribution is 0.0533. The molecule has 0 aliphatic carbocycles. The summed E-state index contributed by atoms with van der Waals surface area (Å²) in [5, 5.41) is 19.0. The Morgan fingerprint density at radius 2 is 1.68 bits per heavy atom. The van der Waals surface area contributed by atoms with E-state index in [9.17, 15) is 15.3 Å². The summed E-state index contributed by atoms with van der Waals surface area (Å²) in [6.45, 7) is 4.01. The molecule has 0 fully saturated rings. The predicted octanol–water partition coefficient (Wildman–Crippen LogP) is 5.56. The minimum Gasteiger partial charge on any atom is -0.462 e. The van der Waals surface area contributed by atoms with E-state index in [1.54, 1.807) is 13.0 Å². The molecule has 3 rings (SSSR count). The van der Waals surface area contributed by atoms with Gasteiger partial charge in [-0.1, -0.05) is 49.4 Å². The second-order valence-corrected chi connectivity index (χ2v) is 7.13. The molecule has 0 aliphatic heterocycles. The zero-order valence-electron chi connectivity index (χ0n) is 15.7. The summed E-state index contributed by atoms with van der Waals surface area (Å²) in [4.78, 5) is 13.8. The average Bonchev–Trinajstić information content (AvgIpc) is 3.13. The molecule has 0 aliphatic rings. The molecule has 28 heavy (non-hydrogen) atoms. The third-order valence-corrected chi connectivity index (χ3v) is 5.72. The molecule has 0 atom stereocenters. The van der Waals surface area contributed by atoms with Crippen molar-refractivity contribution in [3.8, 4) is 34.4 Å². The van der Waals surface area contributed by atoms with Gasteiger partial charge in [0.1, 0.15) is 10.9 Å². The highest BCUT2D eigenvalue weighted by atomic mass is 32.1. The Hall–Kier alpha value is -3.41. The second-order valence-electron chi connectivity index (χ2n) is 6.02. The number of hydrogen-bond acceptors (Lipinski definition) is 5. The van der Waals surface area contributed by atoms with Crippen molar-refractivity contribution in [3.63, 3.8) is 0 Å². The zero-order chi connectivity index (χ0) is 20.1. The van der Waals surface area contributed by atoms with Gasteiger partial charge >= 0.3 is 5.97 Å². The topological polar surface area (TPSA) is 73.9 Å². The fourth-order valence-electron chi connectivity index (χ4n) is 3.11. The molecule has 3 aromatic rings. The lowest BCUT2D eigenvalue weighted by Gasteiger charge is -2.08. The van der Waals surface area contributed by atoms with Crippen molar-refractivity contribution < 1.29 is 9.53 Å². The third kappa shape index (κ3) is 3.53. The number of nitriles is 2. The Morgan fingerprint density at radius 3 is 2.29 bits per heavy atom. The molecule has 1 heterocycles. The number of thiophene rings is 1.